The number of hydrogen-bond acceptors (Lipinski definition) is 6. The third-order valence-corrected chi connectivity index (χ3v) is 5.04. The van der Waals surface area contributed by atoms with Crippen LogP contribution < -0.4 is 5.56 Å². The highest BCUT2D eigenvalue weighted by atomic mass is 32.2. The van der Waals surface area contributed by atoms with Crippen LogP contribution in [-0.4, -0.2) is 35.7 Å². The van der Waals surface area contributed by atoms with Gasteiger partial charge in [0, 0.05) is 6.20 Å². The molecule has 3 aromatic rings. The Morgan fingerprint density at radius 1 is 1.29 bits per heavy atom. The summed E-state index contributed by atoms with van der Waals surface area (Å²) >= 11 is 1.40. The van der Waals surface area contributed by atoms with Crippen molar-refractivity contribution >= 4 is 22.8 Å². The summed E-state index contributed by atoms with van der Waals surface area (Å²) in [5.41, 5.74) is -0.337. The van der Waals surface area contributed by atoms with Crippen molar-refractivity contribution in [3.05, 3.63) is 65.8 Å². The van der Waals surface area contributed by atoms with Crippen molar-refractivity contribution in [2.24, 2.45) is 0 Å². The minimum absolute atomic E-state index is 0.215. The molecule has 0 saturated heterocycles. The molecule has 3 rings (SSSR count). The summed E-state index contributed by atoms with van der Waals surface area (Å²) in [7, 11) is 0. The molecule has 1 N–H and O–H groups in total. The molecule has 0 radical (unpaired) electrons. The van der Waals surface area contributed by atoms with Gasteiger partial charge in [-0.15, -0.1) is 13.2 Å². The van der Waals surface area contributed by atoms with Crippen molar-refractivity contribution in [3.63, 3.8) is 0 Å². The van der Waals surface area contributed by atoms with E-state index in [0.29, 0.717) is 47.1 Å². The maximum Gasteiger partial charge on any atom is 0.278 e. The molecule has 7 nitrogen and oxygen atoms in total. The standard InChI is InChI=1S/C20H23N5O2S/c1-5-7-11-20(3,27)15-9-8-10-16(22-15)25-17-14(13-21-19(23-17)28-4)18(26)24(25)12-6-2/h5-6,8-10,13,27H,1-2,7,11-12H2,3-4H3. The second kappa shape index (κ2) is 8.12. The summed E-state index contributed by atoms with van der Waals surface area (Å²) < 4.78 is 3.18. The highest BCUT2D eigenvalue weighted by Crippen LogP contribution is 2.26. The molecular weight excluding hydrogens is 374 g/mol. The van der Waals surface area contributed by atoms with E-state index in [-0.39, 0.29) is 5.56 Å². The van der Waals surface area contributed by atoms with Gasteiger partial charge in [0.1, 0.15) is 11.0 Å². The number of nitrogens with zero attached hydrogens (tertiary/aromatic N) is 5. The summed E-state index contributed by atoms with van der Waals surface area (Å²) in [6, 6.07) is 5.37. The fourth-order valence-electron chi connectivity index (χ4n) is 2.98. The van der Waals surface area contributed by atoms with Gasteiger partial charge in [-0.05, 0) is 38.2 Å². The quantitative estimate of drug-likeness (QED) is 0.357. The van der Waals surface area contributed by atoms with E-state index in [4.69, 9.17) is 0 Å². The van der Waals surface area contributed by atoms with E-state index < -0.39 is 5.60 Å². The molecule has 0 aromatic carbocycles. The Kier molecular flexibility index (Phi) is 5.81. The van der Waals surface area contributed by atoms with Crippen LogP contribution in [0.3, 0.4) is 0 Å². The minimum Gasteiger partial charge on any atom is -0.384 e. The van der Waals surface area contributed by atoms with Crippen molar-refractivity contribution in [2.75, 3.05) is 6.26 Å². The first-order valence-electron chi connectivity index (χ1n) is 8.87. The van der Waals surface area contributed by atoms with Gasteiger partial charge >= 0.3 is 0 Å². The fourth-order valence-corrected chi connectivity index (χ4v) is 3.32. The van der Waals surface area contributed by atoms with Crippen LogP contribution in [0.2, 0.25) is 0 Å². The number of fused-ring (bicyclic) bond motifs is 1. The van der Waals surface area contributed by atoms with E-state index in [0.717, 1.165) is 0 Å². The number of pyridine rings is 1. The average Bonchev–Trinajstić information content (AvgIpc) is 2.98. The molecule has 0 saturated carbocycles. The Balaban J connectivity index is 2.24. The maximum absolute atomic E-state index is 12.9. The highest BCUT2D eigenvalue weighted by Gasteiger charge is 2.25. The van der Waals surface area contributed by atoms with E-state index in [9.17, 15) is 9.90 Å². The molecular formula is C20H23N5O2S. The summed E-state index contributed by atoms with van der Waals surface area (Å²) in [5.74, 6) is 0.496. The Morgan fingerprint density at radius 2 is 2.07 bits per heavy atom. The smallest absolute Gasteiger partial charge is 0.278 e. The van der Waals surface area contributed by atoms with Crippen LogP contribution in [0.25, 0.3) is 16.9 Å². The summed E-state index contributed by atoms with van der Waals surface area (Å²) in [4.78, 5) is 26.2. The Labute approximate surface area is 167 Å². The predicted molar refractivity (Wildman–Crippen MR) is 112 cm³/mol. The zero-order valence-electron chi connectivity index (χ0n) is 16.0. The summed E-state index contributed by atoms with van der Waals surface area (Å²) in [6.45, 7) is 9.47. The van der Waals surface area contributed by atoms with Crippen LogP contribution in [0.5, 0.6) is 0 Å². The van der Waals surface area contributed by atoms with Crippen molar-refractivity contribution in [3.8, 4) is 5.82 Å². The number of hydrogen-bond donors (Lipinski definition) is 1. The molecule has 1 atom stereocenters. The molecule has 8 heteroatoms. The molecule has 3 aromatic heterocycles. The van der Waals surface area contributed by atoms with Gasteiger partial charge in [-0.3, -0.25) is 4.79 Å². The lowest BCUT2D eigenvalue weighted by molar-refractivity contribution is 0.0442. The third-order valence-electron chi connectivity index (χ3n) is 4.48. The van der Waals surface area contributed by atoms with E-state index in [1.165, 1.54) is 22.6 Å². The Bertz CT molecular complexity index is 1080. The van der Waals surface area contributed by atoms with Crippen LogP contribution in [0, 0.1) is 0 Å². The third kappa shape index (κ3) is 3.65. The van der Waals surface area contributed by atoms with Gasteiger partial charge in [-0.1, -0.05) is 30.0 Å². The van der Waals surface area contributed by atoms with Crippen molar-refractivity contribution in [1.29, 1.82) is 0 Å². The largest absolute Gasteiger partial charge is 0.384 e. The molecule has 28 heavy (non-hydrogen) atoms. The van der Waals surface area contributed by atoms with Crippen LogP contribution in [0.4, 0.5) is 0 Å². The van der Waals surface area contributed by atoms with Gasteiger partial charge in [0.15, 0.2) is 16.6 Å². The maximum atomic E-state index is 12.9. The first-order valence-corrected chi connectivity index (χ1v) is 10.1. The van der Waals surface area contributed by atoms with Gasteiger partial charge in [0.05, 0.1) is 12.2 Å². The van der Waals surface area contributed by atoms with E-state index in [2.05, 4.69) is 28.1 Å². The van der Waals surface area contributed by atoms with E-state index >= 15 is 0 Å². The number of rotatable bonds is 8. The number of aromatic nitrogens is 5. The van der Waals surface area contributed by atoms with Crippen LogP contribution in [-0.2, 0) is 12.1 Å². The topological polar surface area (TPSA) is 85.8 Å². The number of aliphatic hydroxyl groups is 1. The lowest BCUT2D eigenvalue weighted by Gasteiger charge is -2.23. The predicted octanol–water partition coefficient (Wildman–Crippen LogP) is 3.06. The van der Waals surface area contributed by atoms with Gasteiger partial charge in [0.2, 0.25) is 0 Å². The van der Waals surface area contributed by atoms with Gasteiger partial charge in [0.25, 0.3) is 5.56 Å². The summed E-state index contributed by atoms with van der Waals surface area (Å²) in [6.07, 6.45) is 7.98. The lowest BCUT2D eigenvalue weighted by atomic mass is 9.95. The fraction of sp³-hybridized carbons (Fsp3) is 0.300. The first kappa shape index (κ1) is 20.0. The molecule has 0 spiro atoms. The van der Waals surface area contributed by atoms with Crippen molar-refractivity contribution in [2.45, 2.75) is 37.1 Å². The second-order valence-corrected chi connectivity index (χ2v) is 7.34. The molecule has 1 unspecified atom stereocenters. The van der Waals surface area contributed by atoms with Crippen molar-refractivity contribution < 1.29 is 5.11 Å². The zero-order valence-corrected chi connectivity index (χ0v) is 16.8. The molecule has 0 aliphatic heterocycles. The zero-order chi connectivity index (χ0) is 20.3. The first-order chi connectivity index (χ1) is 13.4. The van der Waals surface area contributed by atoms with Crippen LogP contribution in [0.15, 0.2) is 59.7 Å². The van der Waals surface area contributed by atoms with Gasteiger partial charge in [-0.25, -0.2) is 24.3 Å². The van der Waals surface area contributed by atoms with E-state index in [1.54, 1.807) is 35.9 Å². The highest BCUT2D eigenvalue weighted by molar-refractivity contribution is 7.98. The average molecular weight is 398 g/mol. The molecule has 0 fully saturated rings. The molecule has 0 bridgehead atoms. The minimum atomic E-state index is -1.11. The van der Waals surface area contributed by atoms with Gasteiger partial charge in [-0.2, -0.15) is 0 Å². The molecule has 146 valence electrons. The molecule has 0 aliphatic rings. The van der Waals surface area contributed by atoms with Crippen molar-refractivity contribution in [1.82, 2.24) is 24.3 Å². The van der Waals surface area contributed by atoms with E-state index in [1.807, 2.05) is 12.3 Å². The number of thioether (sulfide) groups is 1. The van der Waals surface area contributed by atoms with Crippen LogP contribution in [0.1, 0.15) is 25.5 Å². The number of allylic oxidation sites excluding steroid dienone is 2. The Hall–Kier alpha value is -2.71. The Morgan fingerprint density at radius 3 is 2.75 bits per heavy atom. The lowest BCUT2D eigenvalue weighted by Crippen LogP contribution is -2.25. The molecule has 0 amide bonds. The molecule has 0 aliphatic carbocycles. The summed E-state index contributed by atoms with van der Waals surface area (Å²) in [5, 5.41) is 11.8. The normalized spacial score (nSPS) is 13.4. The molecule has 3 heterocycles. The second-order valence-electron chi connectivity index (χ2n) is 6.56. The SMILES string of the molecule is C=CCCC(C)(O)c1cccc(-n2c3nc(SC)ncc3c(=O)n2CC=C)n1. The van der Waals surface area contributed by atoms with Gasteiger partial charge < -0.3 is 5.11 Å². The monoisotopic (exact) mass is 397 g/mol. The van der Waals surface area contributed by atoms with Crippen LogP contribution >= 0.6 is 11.8 Å².